The number of para-hydroxylation sites is 6. The minimum Gasteiger partial charge on any atom is -0.296 e. The van der Waals surface area contributed by atoms with Crippen LogP contribution in [-0.4, -0.2) is 19.1 Å². The zero-order chi connectivity index (χ0) is 22.4. The van der Waals surface area contributed by atoms with Gasteiger partial charge in [-0.1, -0.05) is 67.6 Å². The van der Waals surface area contributed by atoms with Gasteiger partial charge in [0, 0.05) is 17.5 Å². The summed E-state index contributed by atoms with van der Waals surface area (Å²) >= 11 is 0. The lowest BCUT2D eigenvalue weighted by molar-refractivity contribution is 0.909. The molecule has 6 aromatic rings. The Morgan fingerprint density at radius 2 is 1.06 bits per heavy atom. The summed E-state index contributed by atoms with van der Waals surface area (Å²) in [5.74, 6) is 2.04. The van der Waals surface area contributed by atoms with Crippen molar-refractivity contribution >= 4 is 22.1 Å². The van der Waals surface area contributed by atoms with Crippen LogP contribution in [0.15, 0.2) is 97.1 Å². The molecule has 0 N–H and O–H groups in total. The summed E-state index contributed by atoms with van der Waals surface area (Å²) in [5.41, 5.74) is 8.87. The predicted molar refractivity (Wildman–Crippen MR) is 135 cm³/mol. The van der Waals surface area contributed by atoms with E-state index in [0.717, 1.165) is 51.5 Å². The van der Waals surface area contributed by atoms with Crippen molar-refractivity contribution in [2.75, 3.05) is 0 Å². The van der Waals surface area contributed by atoms with Gasteiger partial charge in [0.2, 0.25) is 0 Å². The molecule has 0 saturated heterocycles. The Hall–Kier alpha value is -4.18. The molecule has 4 nitrogen and oxygen atoms in total. The highest BCUT2D eigenvalue weighted by Crippen LogP contribution is 2.35. The van der Waals surface area contributed by atoms with Gasteiger partial charge in [-0.2, -0.15) is 0 Å². The molecular formula is C29H24N4. The van der Waals surface area contributed by atoms with E-state index in [-0.39, 0.29) is 0 Å². The first-order chi connectivity index (χ1) is 16.3. The summed E-state index contributed by atoms with van der Waals surface area (Å²) in [6.45, 7) is 4.23. The zero-order valence-electron chi connectivity index (χ0n) is 18.7. The number of nitrogens with zero attached hydrogens (tertiary/aromatic N) is 4. The van der Waals surface area contributed by atoms with Crippen molar-refractivity contribution in [3.63, 3.8) is 0 Å². The van der Waals surface area contributed by atoms with Crippen molar-refractivity contribution in [2.45, 2.75) is 20.3 Å². The number of aromatic nitrogens is 4. The van der Waals surface area contributed by atoms with E-state index in [2.05, 4.69) is 108 Å². The Morgan fingerprint density at radius 1 is 0.576 bits per heavy atom. The van der Waals surface area contributed by atoms with Crippen LogP contribution in [0.1, 0.15) is 18.6 Å². The molecule has 2 aromatic heterocycles. The fourth-order valence-electron chi connectivity index (χ4n) is 4.83. The lowest BCUT2D eigenvalue weighted by Gasteiger charge is -2.18. The van der Waals surface area contributed by atoms with Crippen LogP contribution in [0.2, 0.25) is 0 Å². The van der Waals surface area contributed by atoms with Gasteiger partial charge in [0.25, 0.3) is 0 Å². The maximum absolute atomic E-state index is 4.92. The minimum atomic E-state index is 0.857. The molecular weight excluding hydrogens is 404 g/mol. The molecule has 0 unspecified atom stereocenters. The molecule has 0 spiro atoms. The van der Waals surface area contributed by atoms with Gasteiger partial charge in [0.15, 0.2) is 0 Å². The smallest absolute Gasteiger partial charge is 0.114 e. The molecule has 33 heavy (non-hydrogen) atoms. The van der Waals surface area contributed by atoms with Gasteiger partial charge in [-0.15, -0.1) is 0 Å². The average molecular weight is 429 g/mol. The monoisotopic (exact) mass is 428 g/mol. The third-order valence-corrected chi connectivity index (χ3v) is 6.26. The Balaban J connectivity index is 1.65. The van der Waals surface area contributed by atoms with Crippen LogP contribution in [0.4, 0.5) is 0 Å². The Labute approximate surface area is 192 Å². The number of rotatable bonds is 4. The second kappa shape index (κ2) is 7.75. The minimum absolute atomic E-state index is 0.857. The summed E-state index contributed by atoms with van der Waals surface area (Å²) in [6, 6.07) is 33.9. The van der Waals surface area contributed by atoms with Gasteiger partial charge in [-0.25, -0.2) is 9.97 Å². The Kier molecular flexibility index (Phi) is 4.58. The van der Waals surface area contributed by atoms with Crippen LogP contribution in [0.25, 0.3) is 44.6 Å². The van der Waals surface area contributed by atoms with Crippen molar-refractivity contribution in [3.8, 4) is 22.5 Å². The van der Waals surface area contributed by atoms with Gasteiger partial charge in [0.05, 0.1) is 33.4 Å². The van der Waals surface area contributed by atoms with E-state index in [4.69, 9.17) is 9.97 Å². The molecule has 2 heterocycles. The maximum Gasteiger partial charge on any atom is 0.114 e. The van der Waals surface area contributed by atoms with Crippen LogP contribution in [0.5, 0.6) is 0 Å². The fraction of sp³-hybridized carbons (Fsp3) is 0.103. The van der Waals surface area contributed by atoms with Crippen LogP contribution in [0.3, 0.4) is 0 Å². The quantitative estimate of drug-likeness (QED) is 0.306. The van der Waals surface area contributed by atoms with E-state index in [1.54, 1.807) is 0 Å². The zero-order valence-corrected chi connectivity index (χ0v) is 18.7. The largest absolute Gasteiger partial charge is 0.296 e. The Bertz CT molecular complexity index is 1620. The molecule has 0 aliphatic rings. The van der Waals surface area contributed by atoms with Crippen molar-refractivity contribution in [2.24, 2.45) is 0 Å². The normalized spacial score (nSPS) is 11.5. The second-order valence-electron chi connectivity index (χ2n) is 8.22. The lowest BCUT2D eigenvalue weighted by Crippen LogP contribution is -2.04. The number of benzene rings is 4. The molecule has 160 valence electrons. The molecule has 0 aliphatic carbocycles. The van der Waals surface area contributed by atoms with Crippen LogP contribution >= 0.6 is 0 Å². The van der Waals surface area contributed by atoms with Crippen molar-refractivity contribution in [1.82, 2.24) is 19.1 Å². The molecule has 4 aromatic carbocycles. The van der Waals surface area contributed by atoms with Crippen LogP contribution in [0, 0.1) is 6.92 Å². The van der Waals surface area contributed by atoms with Crippen LogP contribution < -0.4 is 0 Å². The molecule has 4 heteroatoms. The molecule has 0 fully saturated rings. The van der Waals surface area contributed by atoms with E-state index in [9.17, 15) is 0 Å². The van der Waals surface area contributed by atoms with Gasteiger partial charge >= 0.3 is 0 Å². The van der Waals surface area contributed by atoms with Crippen molar-refractivity contribution < 1.29 is 0 Å². The molecule has 0 amide bonds. The highest BCUT2D eigenvalue weighted by atomic mass is 15.1. The van der Waals surface area contributed by atoms with E-state index >= 15 is 0 Å². The molecule has 0 bridgehead atoms. The highest BCUT2D eigenvalue weighted by molar-refractivity contribution is 5.87. The fourth-order valence-corrected chi connectivity index (χ4v) is 4.83. The number of hydrogen-bond donors (Lipinski definition) is 0. The number of hydrogen-bond acceptors (Lipinski definition) is 2. The Morgan fingerprint density at radius 3 is 1.70 bits per heavy atom. The van der Waals surface area contributed by atoms with Crippen molar-refractivity contribution in [1.29, 1.82) is 0 Å². The first kappa shape index (κ1) is 19.5. The summed E-state index contributed by atoms with van der Waals surface area (Å²) in [4.78, 5) is 9.73. The lowest BCUT2D eigenvalue weighted by atomic mass is 10.0. The summed E-state index contributed by atoms with van der Waals surface area (Å²) in [5, 5.41) is 0. The highest BCUT2D eigenvalue weighted by Gasteiger charge is 2.18. The summed E-state index contributed by atoms with van der Waals surface area (Å²) < 4.78 is 4.56. The number of fused-ring (bicyclic) bond motifs is 2. The molecule has 0 radical (unpaired) electrons. The van der Waals surface area contributed by atoms with E-state index in [1.807, 2.05) is 12.1 Å². The maximum atomic E-state index is 4.92. The van der Waals surface area contributed by atoms with Gasteiger partial charge in [-0.3, -0.25) is 9.13 Å². The van der Waals surface area contributed by atoms with Crippen molar-refractivity contribution in [3.05, 3.63) is 109 Å². The number of imidazole rings is 2. The third-order valence-electron chi connectivity index (χ3n) is 6.26. The number of aryl methyl sites for hydroxylation is 2. The average Bonchev–Trinajstić information content (AvgIpc) is 3.40. The standard InChI is InChI=1S/C29H24N4/c1-3-29-31-24-15-7-11-19-28(24)33(29)26-17-9-5-13-22(26)21-12-4-8-16-25(21)32-20(2)30-23-14-6-10-18-27(23)32/h4-19H,3H2,1-2H3. The van der Waals surface area contributed by atoms with E-state index < -0.39 is 0 Å². The first-order valence-electron chi connectivity index (χ1n) is 11.4. The molecule has 0 atom stereocenters. The predicted octanol–water partition coefficient (Wildman–Crippen LogP) is 6.90. The topological polar surface area (TPSA) is 35.6 Å². The van der Waals surface area contributed by atoms with Crippen LogP contribution in [-0.2, 0) is 6.42 Å². The van der Waals surface area contributed by atoms with Gasteiger partial charge in [-0.05, 0) is 43.3 Å². The van der Waals surface area contributed by atoms with Gasteiger partial charge < -0.3 is 0 Å². The third kappa shape index (κ3) is 3.06. The summed E-state index contributed by atoms with van der Waals surface area (Å²) in [6.07, 6.45) is 0.857. The first-order valence-corrected chi connectivity index (χ1v) is 11.4. The van der Waals surface area contributed by atoms with E-state index in [1.165, 1.54) is 11.1 Å². The van der Waals surface area contributed by atoms with E-state index in [0.29, 0.717) is 0 Å². The SMILES string of the molecule is CCc1nc2ccccc2n1-c1ccccc1-c1ccccc1-n1c(C)nc2ccccc21. The molecule has 0 saturated carbocycles. The molecule has 6 rings (SSSR count). The van der Waals surface area contributed by atoms with Gasteiger partial charge in [0.1, 0.15) is 11.6 Å². The summed E-state index contributed by atoms with van der Waals surface area (Å²) in [7, 11) is 0. The second-order valence-corrected chi connectivity index (χ2v) is 8.22. The molecule has 0 aliphatic heterocycles.